The molecule has 0 bridgehead atoms. The lowest BCUT2D eigenvalue weighted by Gasteiger charge is -2.19. The number of methoxy groups -OCH3 is 1. The Morgan fingerprint density at radius 1 is 0.706 bits per heavy atom. The maximum absolute atomic E-state index is 13.7. The summed E-state index contributed by atoms with van der Waals surface area (Å²) in [5.74, 6) is 0.0185. The van der Waals surface area contributed by atoms with Gasteiger partial charge in [-0.1, -0.05) is 115 Å². The van der Waals surface area contributed by atoms with Gasteiger partial charge in [0, 0.05) is 17.0 Å². The normalized spacial score (nSPS) is 11.6. The second kappa shape index (κ2) is 15.8. The van der Waals surface area contributed by atoms with Crippen molar-refractivity contribution in [3.05, 3.63) is 168 Å². The molecule has 0 saturated carbocycles. The summed E-state index contributed by atoms with van der Waals surface area (Å²) in [5, 5.41) is 2.91. The van der Waals surface area contributed by atoms with Crippen molar-refractivity contribution in [3.63, 3.8) is 0 Å². The molecule has 6 rings (SSSR count). The average Bonchev–Trinajstić information content (AvgIpc) is 3.16. The van der Waals surface area contributed by atoms with E-state index in [0.717, 1.165) is 27.8 Å². The van der Waals surface area contributed by atoms with E-state index in [9.17, 15) is 18.0 Å². The SMILES string of the molecule is COC(=O)C(Cc1ccc(-c2ccccc2Oc2ccccc2)cc1)NC(=O)c1cc(Cl)ccc1NS(=O)(=O)c1ccc(-c2ccccc2)cc1. The van der Waals surface area contributed by atoms with Crippen LogP contribution in [-0.4, -0.2) is 33.4 Å². The number of esters is 1. The van der Waals surface area contributed by atoms with Crippen LogP contribution in [0.1, 0.15) is 15.9 Å². The van der Waals surface area contributed by atoms with Gasteiger partial charge >= 0.3 is 5.97 Å². The zero-order valence-electron chi connectivity index (χ0n) is 27.5. The molecule has 2 N–H and O–H groups in total. The molecule has 0 fully saturated rings. The summed E-state index contributed by atoms with van der Waals surface area (Å²) in [6.07, 6.45) is 0.107. The molecule has 10 heteroatoms. The Hall–Kier alpha value is -5.90. The van der Waals surface area contributed by atoms with Crippen molar-refractivity contribution >= 4 is 39.2 Å². The first-order valence-electron chi connectivity index (χ1n) is 16.0. The Morgan fingerprint density at radius 3 is 2.00 bits per heavy atom. The number of para-hydroxylation sites is 2. The number of nitrogens with one attached hydrogen (secondary N) is 2. The molecule has 1 atom stereocenters. The zero-order chi connectivity index (χ0) is 35.8. The van der Waals surface area contributed by atoms with Crippen molar-refractivity contribution in [1.29, 1.82) is 0 Å². The van der Waals surface area contributed by atoms with E-state index < -0.39 is 27.9 Å². The van der Waals surface area contributed by atoms with Crippen LogP contribution in [0, 0.1) is 0 Å². The lowest BCUT2D eigenvalue weighted by Crippen LogP contribution is -2.43. The highest BCUT2D eigenvalue weighted by atomic mass is 35.5. The van der Waals surface area contributed by atoms with Crippen LogP contribution in [0.15, 0.2) is 157 Å². The molecule has 0 heterocycles. The fourth-order valence-corrected chi connectivity index (χ4v) is 6.74. The van der Waals surface area contributed by atoms with Crippen molar-refractivity contribution in [3.8, 4) is 33.8 Å². The molecule has 6 aromatic carbocycles. The number of hydrogen-bond donors (Lipinski definition) is 2. The molecule has 51 heavy (non-hydrogen) atoms. The lowest BCUT2D eigenvalue weighted by molar-refractivity contribution is -0.142. The van der Waals surface area contributed by atoms with Gasteiger partial charge in [0.25, 0.3) is 15.9 Å². The number of benzene rings is 6. The van der Waals surface area contributed by atoms with Crippen LogP contribution < -0.4 is 14.8 Å². The quantitative estimate of drug-likeness (QED) is 0.123. The van der Waals surface area contributed by atoms with Crippen LogP contribution in [0.25, 0.3) is 22.3 Å². The van der Waals surface area contributed by atoms with Gasteiger partial charge in [0.1, 0.15) is 17.5 Å². The van der Waals surface area contributed by atoms with E-state index in [4.69, 9.17) is 21.1 Å². The Morgan fingerprint density at radius 2 is 1.31 bits per heavy atom. The number of ether oxygens (including phenoxy) is 2. The van der Waals surface area contributed by atoms with Crippen molar-refractivity contribution in [1.82, 2.24) is 5.32 Å². The zero-order valence-corrected chi connectivity index (χ0v) is 29.0. The number of hydrogen-bond acceptors (Lipinski definition) is 6. The molecular formula is C41H33ClN2O6S. The predicted molar refractivity (Wildman–Crippen MR) is 200 cm³/mol. The van der Waals surface area contributed by atoms with Gasteiger partial charge in [0.2, 0.25) is 0 Å². The highest BCUT2D eigenvalue weighted by molar-refractivity contribution is 7.92. The second-order valence-electron chi connectivity index (χ2n) is 11.5. The first-order valence-corrected chi connectivity index (χ1v) is 17.8. The number of carbonyl (C=O) groups excluding carboxylic acids is 2. The largest absolute Gasteiger partial charge is 0.467 e. The molecule has 0 saturated heterocycles. The predicted octanol–water partition coefficient (Wildman–Crippen LogP) is 8.78. The Labute approximate surface area is 301 Å². The van der Waals surface area contributed by atoms with Crippen LogP contribution >= 0.6 is 11.6 Å². The smallest absolute Gasteiger partial charge is 0.328 e. The molecule has 0 aliphatic heterocycles. The van der Waals surface area contributed by atoms with Gasteiger partial charge in [-0.25, -0.2) is 13.2 Å². The number of anilines is 1. The van der Waals surface area contributed by atoms with Crippen molar-refractivity contribution in [2.45, 2.75) is 17.4 Å². The van der Waals surface area contributed by atoms with E-state index in [1.807, 2.05) is 109 Å². The van der Waals surface area contributed by atoms with Crippen molar-refractivity contribution in [2.24, 2.45) is 0 Å². The number of amides is 1. The van der Waals surface area contributed by atoms with Gasteiger partial charge in [-0.2, -0.15) is 0 Å². The van der Waals surface area contributed by atoms with Gasteiger partial charge in [0.05, 0.1) is 23.3 Å². The van der Waals surface area contributed by atoms with E-state index in [1.54, 1.807) is 12.1 Å². The van der Waals surface area contributed by atoms with E-state index in [-0.39, 0.29) is 27.6 Å². The van der Waals surface area contributed by atoms with Crippen molar-refractivity contribution < 1.29 is 27.5 Å². The monoisotopic (exact) mass is 716 g/mol. The van der Waals surface area contributed by atoms with E-state index in [1.165, 1.54) is 37.4 Å². The molecule has 0 aromatic heterocycles. The third-order valence-electron chi connectivity index (χ3n) is 8.10. The average molecular weight is 717 g/mol. The topological polar surface area (TPSA) is 111 Å². The van der Waals surface area contributed by atoms with Gasteiger partial charge in [0.15, 0.2) is 0 Å². The van der Waals surface area contributed by atoms with E-state index in [0.29, 0.717) is 11.5 Å². The Bertz CT molecular complexity index is 2250. The Balaban J connectivity index is 1.18. The summed E-state index contributed by atoms with van der Waals surface area (Å²) in [7, 11) is -2.87. The molecule has 0 radical (unpaired) electrons. The lowest BCUT2D eigenvalue weighted by atomic mass is 9.99. The standard InChI is InChI=1S/C41H33ClN2O6S/c1-49-41(46)38(26-28-16-18-31(19-17-28)35-14-8-9-15-39(35)50-33-12-6-3-7-13-33)43-40(45)36-27-32(42)22-25-37(36)44-51(47,48)34-23-20-30(21-24-34)29-10-4-2-5-11-29/h2-25,27,38,44H,26H2,1H3,(H,43,45). The maximum Gasteiger partial charge on any atom is 0.328 e. The fraction of sp³-hybridized carbons (Fsp3) is 0.0732. The minimum Gasteiger partial charge on any atom is -0.467 e. The summed E-state index contributed by atoms with van der Waals surface area (Å²) in [5.41, 5.74) is 4.26. The third-order valence-corrected chi connectivity index (χ3v) is 9.71. The summed E-state index contributed by atoms with van der Waals surface area (Å²) in [6, 6.07) is 43.8. The molecule has 1 unspecified atom stereocenters. The minimum atomic E-state index is -4.10. The number of halogens is 1. The van der Waals surface area contributed by atoms with Gasteiger partial charge in [-0.05, 0) is 70.8 Å². The van der Waals surface area contributed by atoms with Crippen LogP contribution in [-0.2, 0) is 26.0 Å². The van der Waals surface area contributed by atoms with Crippen LogP contribution in [0.5, 0.6) is 11.5 Å². The highest BCUT2D eigenvalue weighted by Gasteiger charge is 2.26. The van der Waals surface area contributed by atoms with Gasteiger partial charge in [-0.3, -0.25) is 9.52 Å². The molecule has 0 spiro atoms. The summed E-state index contributed by atoms with van der Waals surface area (Å²) >= 11 is 6.24. The molecule has 256 valence electrons. The summed E-state index contributed by atoms with van der Waals surface area (Å²) in [6.45, 7) is 0. The summed E-state index contributed by atoms with van der Waals surface area (Å²) in [4.78, 5) is 26.6. The molecular weight excluding hydrogens is 684 g/mol. The molecule has 0 aliphatic rings. The second-order valence-corrected chi connectivity index (χ2v) is 13.7. The first kappa shape index (κ1) is 34.9. The summed E-state index contributed by atoms with van der Waals surface area (Å²) < 4.78 is 40.5. The Kier molecular flexibility index (Phi) is 10.8. The van der Waals surface area contributed by atoms with E-state index >= 15 is 0 Å². The van der Waals surface area contributed by atoms with Crippen LogP contribution in [0.3, 0.4) is 0 Å². The molecule has 0 aliphatic carbocycles. The van der Waals surface area contributed by atoms with Crippen LogP contribution in [0.4, 0.5) is 5.69 Å². The fourth-order valence-electron chi connectivity index (χ4n) is 5.49. The van der Waals surface area contributed by atoms with Gasteiger partial charge < -0.3 is 14.8 Å². The molecule has 1 amide bonds. The molecule has 8 nitrogen and oxygen atoms in total. The molecule has 6 aromatic rings. The maximum atomic E-state index is 13.7. The highest BCUT2D eigenvalue weighted by Crippen LogP contribution is 2.33. The van der Waals surface area contributed by atoms with Crippen LogP contribution in [0.2, 0.25) is 5.02 Å². The first-order chi connectivity index (χ1) is 24.7. The minimum absolute atomic E-state index is 0.00612. The van der Waals surface area contributed by atoms with Crippen molar-refractivity contribution in [2.75, 3.05) is 11.8 Å². The number of rotatable bonds is 12. The number of sulfonamides is 1. The number of carbonyl (C=O) groups is 2. The third kappa shape index (κ3) is 8.64. The van der Waals surface area contributed by atoms with E-state index in [2.05, 4.69) is 10.0 Å². The van der Waals surface area contributed by atoms with Gasteiger partial charge in [-0.15, -0.1) is 0 Å².